The van der Waals surface area contributed by atoms with Gasteiger partial charge in [-0.2, -0.15) is 0 Å². The number of aliphatic carboxylic acids is 1. The summed E-state index contributed by atoms with van der Waals surface area (Å²) < 4.78 is 31.9. The van der Waals surface area contributed by atoms with Gasteiger partial charge in [-0.25, -0.2) is 13.6 Å². The summed E-state index contributed by atoms with van der Waals surface area (Å²) in [6.07, 6.45) is -0.211. The maximum Gasteiger partial charge on any atom is 0.340 e. The Morgan fingerprint density at radius 1 is 1.32 bits per heavy atom. The van der Waals surface area contributed by atoms with E-state index in [0.717, 1.165) is 6.08 Å². The van der Waals surface area contributed by atoms with Crippen LogP contribution in [0.2, 0.25) is 0 Å². The summed E-state index contributed by atoms with van der Waals surface area (Å²) >= 11 is 0. The number of allylic oxidation sites excluding steroid dienone is 4. The van der Waals surface area contributed by atoms with E-state index in [1.807, 2.05) is 0 Å². The molecule has 0 saturated heterocycles. The lowest BCUT2D eigenvalue weighted by atomic mass is 9.44. The van der Waals surface area contributed by atoms with E-state index in [2.05, 4.69) is 6.58 Å². The topological polar surface area (TPSA) is 94.8 Å². The maximum absolute atomic E-state index is 16.7. The van der Waals surface area contributed by atoms with Gasteiger partial charge in [-0.15, -0.1) is 0 Å². The lowest BCUT2D eigenvalue weighted by Gasteiger charge is -2.62. The number of carbonyl (C=O) groups is 2. The fourth-order valence-electron chi connectivity index (χ4n) is 6.56. The normalized spacial score (nSPS) is 52.6. The summed E-state index contributed by atoms with van der Waals surface area (Å²) in [7, 11) is 0. The van der Waals surface area contributed by atoms with Gasteiger partial charge in [-0.1, -0.05) is 19.6 Å². The molecule has 0 heterocycles. The van der Waals surface area contributed by atoms with Gasteiger partial charge in [0, 0.05) is 16.7 Å². The van der Waals surface area contributed by atoms with Crippen molar-refractivity contribution < 1.29 is 33.7 Å². The molecule has 3 N–H and O–H groups in total. The highest BCUT2D eigenvalue weighted by Crippen LogP contribution is 2.70. The monoisotopic (exact) mass is 394 g/mol. The van der Waals surface area contributed by atoms with Gasteiger partial charge in [0.2, 0.25) is 0 Å². The van der Waals surface area contributed by atoms with Crippen LogP contribution in [0.5, 0.6) is 0 Å². The molecule has 4 aliphatic carbocycles. The number of carboxylic acid groups (broad SMARTS) is 1. The molecule has 8 atom stereocenters. The van der Waals surface area contributed by atoms with Crippen molar-refractivity contribution in [1.29, 1.82) is 0 Å². The van der Waals surface area contributed by atoms with Crippen LogP contribution in [0.4, 0.5) is 8.78 Å². The number of carbonyl (C=O) groups excluding carboxylic acids is 1. The molecule has 0 aromatic carbocycles. The van der Waals surface area contributed by atoms with Crippen LogP contribution in [-0.4, -0.2) is 50.6 Å². The number of rotatable bonds is 1. The molecular formula is C21H24F2O5. The van der Waals surface area contributed by atoms with Crippen molar-refractivity contribution in [1.82, 2.24) is 0 Å². The summed E-state index contributed by atoms with van der Waals surface area (Å²) in [5.41, 5.74) is -7.49. The molecule has 7 heteroatoms. The molecule has 5 nitrogen and oxygen atoms in total. The van der Waals surface area contributed by atoms with Crippen molar-refractivity contribution in [2.45, 2.75) is 56.7 Å². The van der Waals surface area contributed by atoms with E-state index in [9.17, 15) is 24.9 Å². The predicted molar refractivity (Wildman–Crippen MR) is 95.7 cm³/mol. The van der Waals surface area contributed by atoms with Gasteiger partial charge < -0.3 is 15.3 Å². The molecular weight excluding hydrogens is 370 g/mol. The number of ketones is 1. The molecule has 4 rings (SSSR count). The number of hydrogen-bond acceptors (Lipinski definition) is 4. The molecule has 4 aliphatic rings. The minimum absolute atomic E-state index is 0.00622. The third-order valence-corrected chi connectivity index (χ3v) is 8.13. The summed E-state index contributed by atoms with van der Waals surface area (Å²) in [4.78, 5) is 23.7. The molecule has 0 radical (unpaired) electrons. The Bertz CT molecular complexity index is 865. The van der Waals surface area contributed by atoms with Gasteiger partial charge in [0.15, 0.2) is 17.1 Å². The first-order chi connectivity index (χ1) is 12.8. The number of aliphatic hydroxyl groups is 2. The number of alkyl halides is 2. The Morgan fingerprint density at radius 3 is 2.57 bits per heavy atom. The first-order valence-corrected chi connectivity index (χ1v) is 9.44. The van der Waals surface area contributed by atoms with Crippen molar-refractivity contribution in [2.75, 3.05) is 0 Å². The van der Waals surface area contributed by atoms with Gasteiger partial charge in [0.25, 0.3) is 0 Å². The van der Waals surface area contributed by atoms with E-state index in [4.69, 9.17) is 0 Å². The third kappa shape index (κ3) is 1.87. The molecule has 28 heavy (non-hydrogen) atoms. The second-order valence-corrected chi connectivity index (χ2v) is 9.18. The molecule has 0 bridgehead atoms. The highest BCUT2D eigenvalue weighted by molar-refractivity contribution is 6.01. The van der Waals surface area contributed by atoms with Crippen LogP contribution in [0.3, 0.4) is 0 Å². The van der Waals surface area contributed by atoms with Crippen LogP contribution >= 0.6 is 0 Å². The average Bonchev–Trinajstić information content (AvgIpc) is 2.81. The van der Waals surface area contributed by atoms with Crippen LogP contribution < -0.4 is 0 Å². The Morgan fingerprint density at radius 2 is 1.96 bits per heavy atom. The van der Waals surface area contributed by atoms with E-state index >= 15 is 8.78 Å². The predicted octanol–water partition coefficient (Wildman–Crippen LogP) is 2.29. The Kier molecular flexibility index (Phi) is 3.74. The van der Waals surface area contributed by atoms with E-state index in [1.165, 1.54) is 26.0 Å². The third-order valence-electron chi connectivity index (χ3n) is 8.13. The lowest BCUT2D eigenvalue weighted by Crippen LogP contribution is -2.70. The van der Waals surface area contributed by atoms with E-state index in [0.29, 0.717) is 0 Å². The molecule has 0 aromatic rings. The van der Waals surface area contributed by atoms with Crippen molar-refractivity contribution in [3.8, 4) is 0 Å². The highest BCUT2D eigenvalue weighted by atomic mass is 19.1. The van der Waals surface area contributed by atoms with E-state index in [-0.39, 0.29) is 30.4 Å². The zero-order valence-corrected chi connectivity index (χ0v) is 15.8. The van der Waals surface area contributed by atoms with Crippen molar-refractivity contribution in [2.24, 2.45) is 22.7 Å². The summed E-state index contributed by atoms with van der Waals surface area (Å²) in [6.45, 7) is 6.69. The molecule has 3 saturated carbocycles. The maximum atomic E-state index is 16.7. The van der Waals surface area contributed by atoms with Crippen molar-refractivity contribution >= 4 is 11.8 Å². The number of fused-ring (bicyclic) bond motifs is 5. The Balaban J connectivity index is 1.90. The molecule has 0 unspecified atom stereocenters. The van der Waals surface area contributed by atoms with Crippen LogP contribution in [0, 0.1) is 22.7 Å². The number of hydrogen-bond donors (Lipinski definition) is 3. The lowest BCUT2D eigenvalue weighted by molar-refractivity contribution is -0.224. The molecule has 0 aliphatic heterocycles. The smallest absolute Gasteiger partial charge is 0.340 e. The highest BCUT2D eigenvalue weighted by Gasteiger charge is 2.76. The van der Waals surface area contributed by atoms with E-state index in [1.54, 1.807) is 0 Å². The average molecular weight is 394 g/mol. The standard InChI is InChI=1S/C21H24F2O5/c1-10-6-12-13-8-15(22)14-7-11(24)4-5-18(14,2)20(13,23)16(25)9-19(12,3)21(10,28)17(26)27/h4-5,7,12-13,15-16,25,28H,1,6,8-9H2,2-3H3,(H,26,27)/t12-,13-,15-,16-,18-,19-,20-,21-/m0/s1. The van der Waals surface area contributed by atoms with Crippen molar-refractivity contribution in [3.05, 3.63) is 36.0 Å². The minimum atomic E-state index is -2.32. The molecule has 0 spiro atoms. The number of aliphatic hydroxyl groups excluding tert-OH is 1. The van der Waals surface area contributed by atoms with Crippen LogP contribution in [0.15, 0.2) is 36.0 Å². The molecule has 0 amide bonds. The number of halogens is 2. The zero-order chi connectivity index (χ0) is 20.9. The minimum Gasteiger partial charge on any atom is -0.479 e. The SMILES string of the molecule is C=C1C[C@H]2[C@@H]3C[C@H](F)C4=CC(=O)C=C[C@]4(C)[C@@]3(F)[C@@H](O)C[C@]2(C)[C@@]1(O)C(=O)O. The number of carboxylic acids is 1. The largest absolute Gasteiger partial charge is 0.479 e. The van der Waals surface area contributed by atoms with Crippen molar-refractivity contribution in [3.63, 3.8) is 0 Å². The summed E-state index contributed by atoms with van der Waals surface area (Å²) in [6, 6.07) is 0. The Labute approximate surface area is 161 Å². The van der Waals surface area contributed by atoms with Crippen LogP contribution in [-0.2, 0) is 9.59 Å². The van der Waals surface area contributed by atoms with Gasteiger partial charge in [0.05, 0.1) is 6.10 Å². The van der Waals surface area contributed by atoms with Crippen LogP contribution in [0.1, 0.15) is 33.1 Å². The first-order valence-electron chi connectivity index (χ1n) is 9.44. The second kappa shape index (κ2) is 5.39. The van der Waals surface area contributed by atoms with Gasteiger partial charge in [-0.05, 0) is 55.4 Å². The van der Waals surface area contributed by atoms with Crippen LogP contribution in [0.25, 0.3) is 0 Å². The summed E-state index contributed by atoms with van der Waals surface area (Å²) in [5, 5.41) is 31.6. The van der Waals surface area contributed by atoms with Gasteiger partial charge in [-0.3, -0.25) is 4.79 Å². The van der Waals surface area contributed by atoms with Gasteiger partial charge >= 0.3 is 5.97 Å². The summed E-state index contributed by atoms with van der Waals surface area (Å²) in [5.74, 6) is -3.68. The zero-order valence-electron chi connectivity index (χ0n) is 15.8. The van der Waals surface area contributed by atoms with E-state index < -0.39 is 58.0 Å². The molecule has 3 fully saturated rings. The fraction of sp³-hybridized carbons (Fsp3) is 0.619. The van der Waals surface area contributed by atoms with Gasteiger partial charge in [0.1, 0.15) is 6.17 Å². The molecule has 0 aromatic heterocycles. The molecule has 152 valence electrons. The Hall–Kier alpha value is -1.86. The first kappa shape index (κ1) is 19.5. The fourth-order valence-corrected chi connectivity index (χ4v) is 6.56. The quantitative estimate of drug-likeness (QED) is 0.593. The second-order valence-electron chi connectivity index (χ2n) is 9.18.